The molecule has 26 heavy (non-hydrogen) atoms. The third kappa shape index (κ3) is 3.16. The van der Waals surface area contributed by atoms with Crippen LogP contribution in [0, 0.1) is 24.4 Å². The molecular formula is C19H16F3NO3. The standard InChI is InChI=1S/C19H16F3NO3/c1-9-3-6-14(17-13(24)7-10(2)16(9)17)26-8-15(25)23-12-5-4-11(20)18(21)19(12)22/h3-6,10H,7-8H2,1-2H3,(H,23,25)/t10-/m0/s1. The maximum Gasteiger partial charge on any atom is 0.262 e. The van der Waals surface area contributed by atoms with Crippen LogP contribution in [0.25, 0.3) is 0 Å². The Morgan fingerprint density at radius 1 is 1.19 bits per heavy atom. The molecule has 1 amide bonds. The van der Waals surface area contributed by atoms with Crippen molar-refractivity contribution < 1.29 is 27.5 Å². The number of amides is 1. The number of hydrogen-bond acceptors (Lipinski definition) is 3. The summed E-state index contributed by atoms with van der Waals surface area (Å²) in [6.07, 6.45) is 0.378. The predicted octanol–water partition coefficient (Wildman–Crippen LogP) is 4.12. The maximum atomic E-state index is 13.6. The van der Waals surface area contributed by atoms with E-state index in [-0.39, 0.29) is 17.5 Å². The molecule has 3 rings (SSSR count). The van der Waals surface area contributed by atoms with E-state index in [1.807, 2.05) is 13.8 Å². The Hall–Kier alpha value is -2.83. The third-order valence-corrected chi connectivity index (χ3v) is 4.36. The van der Waals surface area contributed by atoms with Crippen molar-refractivity contribution in [3.8, 4) is 5.75 Å². The van der Waals surface area contributed by atoms with E-state index in [0.717, 1.165) is 17.2 Å². The average Bonchev–Trinajstić information content (AvgIpc) is 2.90. The molecule has 0 saturated heterocycles. The minimum Gasteiger partial charge on any atom is -0.483 e. The highest BCUT2D eigenvalue weighted by atomic mass is 19.2. The lowest BCUT2D eigenvalue weighted by atomic mass is 9.97. The molecule has 2 aromatic carbocycles. The maximum absolute atomic E-state index is 13.6. The second kappa shape index (κ2) is 6.82. The molecule has 0 aromatic heterocycles. The second-order valence-corrected chi connectivity index (χ2v) is 6.26. The van der Waals surface area contributed by atoms with Crippen LogP contribution in [0.3, 0.4) is 0 Å². The van der Waals surface area contributed by atoms with Crippen molar-refractivity contribution in [2.45, 2.75) is 26.2 Å². The molecule has 0 bridgehead atoms. The normalized spacial score (nSPS) is 15.7. The van der Waals surface area contributed by atoms with Crippen LogP contribution < -0.4 is 10.1 Å². The average molecular weight is 363 g/mol. The van der Waals surface area contributed by atoms with Crippen LogP contribution in [0.5, 0.6) is 5.75 Å². The van der Waals surface area contributed by atoms with Crippen LogP contribution in [0.4, 0.5) is 18.9 Å². The van der Waals surface area contributed by atoms with E-state index in [1.54, 1.807) is 12.1 Å². The van der Waals surface area contributed by atoms with Crippen LogP contribution in [0.15, 0.2) is 24.3 Å². The highest BCUT2D eigenvalue weighted by molar-refractivity contribution is 6.04. The summed E-state index contributed by atoms with van der Waals surface area (Å²) < 4.78 is 45.1. The van der Waals surface area contributed by atoms with Crippen LogP contribution in [0.1, 0.15) is 40.7 Å². The number of ketones is 1. The topological polar surface area (TPSA) is 55.4 Å². The number of hydrogen-bond donors (Lipinski definition) is 1. The van der Waals surface area contributed by atoms with Gasteiger partial charge in [-0.05, 0) is 42.2 Å². The number of carbonyl (C=O) groups excluding carboxylic acids is 2. The van der Waals surface area contributed by atoms with E-state index in [2.05, 4.69) is 5.32 Å². The number of carbonyl (C=O) groups is 2. The van der Waals surface area contributed by atoms with Gasteiger partial charge in [0.05, 0.1) is 11.3 Å². The Bertz CT molecular complexity index is 911. The minimum atomic E-state index is -1.67. The first kappa shape index (κ1) is 18.0. The SMILES string of the molecule is Cc1ccc(OCC(=O)Nc2ccc(F)c(F)c2F)c2c1[C@@H](C)CC2=O. The molecule has 0 heterocycles. The van der Waals surface area contributed by atoms with E-state index in [9.17, 15) is 22.8 Å². The summed E-state index contributed by atoms with van der Waals surface area (Å²) in [5.41, 5.74) is 1.85. The highest BCUT2D eigenvalue weighted by Gasteiger charge is 2.31. The third-order valence-electron chi connectivity index (χ3n) is 4.36. The summed E-state index contributed by atoms with van der Waals surface area (Å²) in [7, 11) is 0. The summed E-state index contributed by atoms with van der Waals surface area (Å²) in [5, 5.41) is 2.12. The smallest absolute Gasteiger partial charge is 0.262 e. The number of rotatable bonds is 4. The van der Waals surface area contributed by atoms with Gasteiger partial charge in [-0.15, -0.1) is 0 Å². The lowest BCUT2D eigenvalue weighted by Crippen LogP contribution is -2.21. The summed E-state index contributed by atoms with van der Waals surface area (Å²) in [5.74, 6) is -4.97. The lowest BCUT2D eigenvalue weighted by molar-refractivity contribution is -0.118. The van der Waals surface area contributed by atoms with E-state index in [0.29, 0.717) is 18.1 Å². The molecule has 1 aliphatic carbocycles. The zero-order chi connectivity index (χ0) is 19.0. The number of benzene rings is 2. The van der Waals surface area contributed by atoms with Gasteiger partial charge < -0.3 is 10.1 Å². The quantitative estimate of drug-likeness (QED) is 0.832. The fourth-order valence-electron chi connectivity index (χ4n) is 3.18. The fourth-order valence-corrected chi connectivity index (χ4v) is 3.18. The molecule has 0 saturated carbocycles. The van der Waals surface area contributed by atoms with E-state index in [1.165, 1.54) is 0 Å². The molecule has 0 spiro atoms. The Morgan fingerprint density at radius 3 is 2.65 bits per heavy atom. The Kier molecular flexibility index (Phi) is 4.71. The van der Waals surface area contributed by atoms with Gasteiger partial charge in [-0.1, -0.05) is 13.0 Å². The van der Waals surface area contributed by atoms with Crippen LogP contribution >= 0.6 is 0 Å². The van der Waals surface area contributed by atoms with Gasteiger partial charge in [0.25, 0.3) is 5.91 Å². The molecular weight excluding hydrogens is 347 g/mol. The highest BCUT2D eigenvalue weighted by Crippen LogP contribution is 2.40. The Morgan fingerprint density at radius 2 is 1.92 bits per heavy atom. The van der Waals surface area contributed by atoms with Crippen LogP contribution in [-0.4, -0.2) is 18.3 Å². The van der Waals surface area contributed by atoms with Gasteiger partial charge >= 0.3 is 0 Å². The van der Waals surface area contributed by atoms with Gasteiger partial charge in [0.15, 0.2) is 29.8 Å². The fraction of sp³-hybridized carbons (Fsp3) is 0.263. The number of ether oxygens (including phenoxy) is 1. The van der Waals surface area contributed by atoms with Gasteiger partial charge in [0.1, 0.15) is 5.75 Å². The van der Waals surface area contributed by atoms with E-state index in [4.69, 9.17) is 4.74 Å². The van der Waals surface area contributed by atoms with Crippen molar-refractivity contribution in [3.05, 3.63) is 58.4 Å². The molecule has 1 aliphatic rings. The number of Topliss-reactive ketones (excluding diaryl/α,β-unsaturated/α-hetero) is 1. The molecule has 7 heteroatoms. The number of halogens is 3. The van der Waals surface area contributed by atoms with Crippen molar-refractivity contribution in [2.24, 2.45) is 0 Å². The van der Waals surface area contributed by atoms with Gasteiger partial charge in [-0.2, -0.15) is 0 Å². The number of fused-ring (bicyclic) bond motifs is 1. The van der Waals surface area contributed by atoms with Crippen molar-refractivity contribution in [3.63, 3.8) is 0 Å². The number of anilines is 1. The molecule has 4 nitrogen and oxygen atoms in total. The predicted molar refractivity (Wildman–Crippen MR) is 89.0 cm³/mol. The number of nitrogens with one attached hydrogen (secondary N) is 1. The van der Waals surface area contributed by atoms with Crippen molar-refractivity contribution >= 4 is 17.4 Å². The zero-order valence-electron chi connectivity index (χ0n) is 14.2. The van der Waals surface area contributed by atoms with Gasteiger partial charge in [0.2, 0.25) is 0 Å². The van der Waals surface area contributed by atoms with Crippen LogP contribution in [-0.2, 0) is 4.79 Å². The van der Waals surface area contributed by atoms with Crippen molar-refractivity contribution in [2.75, 3.05) is 11.9 Å². The van der Waals surface area contributed by atoms with Crippen molar-refractivity contribution in [1.29, 1.82) is 0 Å². The molecule has 1 N–H and O–H groups in total. The first-order chi connectivity index (χ1) is 12.3. The molecule has 0 fully saturated rings. The van der Waals surface area contributed by atoms with Gasteiger partial charge in [-0.25, -0.2) is 13.2 Å². The number of aryl methyl sites for hydroxylation is 1. The molecule has 2 aromatic rings. The summed E-state index contributed by atoms with van der Waals surface area (Å²) in [6.45, 7) is 3.34. The van der Waals surface area contributed by atoms with Gasteiger partial charge in [0, 0.05) is 6.42 Å². The van der Waals surface area contributed by atoms with Crippen LogP contribution in [0.2, 0.25) is 0 Å². The minimum absolute atomic E-state index is 0.0572. The first-order valence-electron chi connectivity index (χ1n) is 8.02. The lowest BCUT2D eigenvalue weighted by Gasteiger charge is -2.13. The monoisotopic (exact) mass is 363 g/mol. The first-order valence-corrected chi connectivity index (χ1v) is 8.02. The van der Waals surface area contributed by atoms with Gasteiger partial charge in [-0.3, -0.25) is 9.59 Å². The zero-order valence-corrected chi connectivity index (χ0v) is 14.2. The summed E-state index contributed by atoms with van der Waals surface area (Å²) >= 11 is 0. The molecule has 136 valence electrons. The summed E-state index contributed by atoms with van der Waals surface area (Å²) in [6, 6.07) is 5.04. The largest absolute Gasteiger partial charge is 0.483 e. The summed E-state index contributed by atoms with van der Waals surface area (Å²) in [4.78, 5) is 24.1. The molecule has 0 unspecified atom stereocenters. The second-order valence-electron chi connectivity index (χ2n) is 6.26. The van der Waals surface area contributed by atoms with E-state index >= 15 is 0 Å². The molecule has 1 atom stereocenters. The van der Waals surface area contributed by atoms with Crippen molar-refractivity contribution in [1.82, 2.24) is 0 Å². The molecule has 0 radical (unpaired) electrons. The van der Waals surface area contributed by atoms with E-state index < -0.39 is 35.7 Å². The Balaban J connectivity index is 1.74. The molecule has 0 aliphatic heterocycles. The Labute approximate surface area is 148 Å².